The topological polar surface area (TPSA) is 24.7 Å². The molecule has 0 N–H and O–H groups in total. The Morgan fingerprint density at radius 3 is 2.31 bits per heavy atom. The molecule has 0 spiro atoms. The first-order valence-electron chi connectivity index (χ1n) is 5.29. The molecular formula is C12H14F2N2. The van der Waals surface area contributed by atoms with Crippen LogP contribution in [-0.2, 0) is 5.66 Å². The van der Waals surface area contributed by atoms with Crippen LogP contribution < -0.4 is 0 Å². The highest BCUT2D eigenvalue weighted by atomic mass is 19.3. The predicted molar refractivity (Wildman–Crippen MR) is 57.7 cm³/mol. The van der Waals surface area contributed by atoms with E-state index in [-0.39, 0.29) is 0 Å². The SMILES string of the molecule is CC(C)c1cccc(C2(C(C)(F)F)N=N2)c1. The normalized spacial score (nSPS) is 17.9. The van der Waals surface area contributed by atoms with Crippen molar-refractivity contribution < 1.29 is 8.78 Å². The molecule has 0 unspecified atom stereocenters. The van der Waals surface area contributed by atoms with Crippen LogP contribution in [0.15, 0.2) is 34.5 Å². The molecule has 0 fully saturated rings. The van der Waals surface area contributed by atoms with Crippen LogP contribution in [0.5, 0.6) is 0 Å². The van der Waals surface area contributed by atoms with Crippen molar-refractivity contribution in [3.8, 4) is 0 Å². The van der Waals surface area contributed by atoms with Gasteiger partial charge in [-0.3, -0.25) is 0 Å². The summed E-state index contributed by atoms with van der Waals surface area (Å²) >= 11 is 0. The van der Waals surface area contributed by atoms with Gasteiger partial charge in [0.05, 0.1) is 0 Å². The molecular weight excluding hydrogens is 210 g/mol. The van der Waals surface area contributed by atoms with E-state index in [4.69, 9.17) is 0 Å². The first-order chi connectivity index (χ1) is 7.37. The lowest BCUT2D eigenvalue weighted by Gasteiger charge is -2.19. The van der Waals surface area contributed by atoms with Crippen molar-refractivity contribution in [1.29, 1.82) is 0 Å². The van der Waals surface area contributed by atoms with Gasteiger partial charge in [-0.15, -0.1) is 10.2 Å². The smallest absolute Gasteiger partial charge is 0.202 e. The quantitative estimate of drug-likeness (QED) is 0.739. The molecule has 1 aromatic rings. The van der Waals surface area contributed by atoms with Gasteiger partial charge in [0.1, 0.15) is 0 Å². The van der Waals surface area contributed by atoms with Gasteiger partial charge >= 0.3 is 0 Å². The Morgan fingerprint density at radius 1 is 1.25 bits per heavy atom. The van der Waals surface area contributed by atoms with Crippen LogP contribution in [0.4, 0.5) is 8.78 Å². The molecule has 86 valence electrons. The summed E-state index contributed by atoms with van der Waals surface area (Å²) in [4.78, 5) is 0. The maximum atomic E-state index is 13.4. The Hall–Kier alpha value is -1.32. The fourth-order valence-corrected chi connectivity index (χ4v) is 1.71. The Morgan fingerprint density at radius 2 is 1.88 bits per heavy atom. The third-order valence-corrected chi connectivity index (χ3v) is 2.87. The molecule has 0 aromatic heterocycles. The predicted octanol–water partition coefficient (Wildman–Crippen LogP) is 4.08. The summed E-state index contributed by atoms with van der Waals surface area (Å²) in [5, 5.41) is 7.10. The van der Waals surface area contributed by atoms with Crippen molar-refractivity contribution in [2.45, 2.75) is 38.3 Å². The fraction of sp³-hybridized carbons (Fsp3) is 0.500. The molecule has 2 rings (SSSR count). The number of alkyl halides is 2. The van der Waals surface area contributed by atoms with Gasteiger partial charge in [-0.05, 0) is 11.5 Å². The van der Waals surface area contributed by atoms with Gasteiger partial charge in [0.2, 0.25) is 0 Å². The first-order valence-corrected chi connectivity index (χ1v) is 5.29. The van der Waals surface area contributed by atoms with Crippen LogP contribution in [0, 0.1) is 0 Å². The molecule has 0 bridgehead atoms. The summed E-state index contributed by atoms with van der Waals surface area (Å²) < 4.78 is 26.8. The highest BCUT2D eigenvalue weighted by molar-refractivity contribution is 5.35. The highest BCUT2D eigenvalue weighted by Gasteiger charge is 2.60. The van der Waals surface area contributed by atoms with Crippen LogP contribution in [0.3, 0.4) is 0 Å². The molecule has 0 saturated heterocycles. The second kappa shape index (κ2) is 3.34. The lowest BCUT2D eigenvalue weighted by Crippen LogP contribution is -2.31. The summed E-state index contributed by atoms with van der Waals surface area (Å²) in [6.07, 6.45) is 0. The standard InChI is InChI=1S/C12H14F2N2/c1-8(2)9-5-4-6-10(7-9)12(15-16-12)11(3,13)14/h4-8H,1-3H3. The largest absolute Gasteiger partial charge is 0.297 e. The molecule has 0 radical (unpaired) electrons. The van der Waals surface area contributed by atoms with Gasteiger partial charge in [-0.2, -0.15) is 0 Å². The summed E-state index contributed by atoms with van der Waals surface area (Å²) in [6.45, 7) is 4.91. The molecule has 0 amide bonds. The molecule has 1 aromatic carbocycles. The van der Waals surface area contributed by atoms with Crippen LogP contribution in [-0.4, -0.2) is 5.92 Å². The van der Waals surface area contributed by atoms with Crippen molar-refractivity contribution in [3.05, 3.63) is 35.4 Å². The van der Waals surface area contributed by atoms with E-state index in [0.717, 1.165) is 12.5 Å². The molecule has 1 aliphatic rings. The second-order valence-electron chi connectivity index (χ2n) is 4.54. The Labute approximate surface area is 93.4 Å². The van der Waals surface area contributed by atoms with E-state index in [0.29, 0.717) is 11.5 Å². The molecule has 4 heteroatoms. The third-order valence-electron chi connectivity index (χ3n) is 2.87. The summed E-state index contributed by atoms with van der Waals surface area (Å²) in [7, 11) is 0. The lowest BCUT2D eigenvalue weighted by molar-refractivity contribution is -0.0274. The number of nitrogens with zero attached hydrogens (tertiary/aromatic N) is 2. The molecule has 2 nitrogen and oxygen atoms in total. The highest BCUT2D eigenvalue weighted by Crippen LogP contribution is 2.51. The molecule has 16 heavy (non-hydrogen) atoms. The zero-order valence-electron chi connectivity index (χ0n) is 9.54. The molecule has 0 atom stereocenters. The third kappa shape index (κ3) is 1.62. The van der Waals surface area contributed by atoms with Crippen LogP contribution in [0.1, 0.15) is 37.8 Å². The first kappa shape index (κ1) is 11.2. The van der Waals surface area contributed by atoms with Gasteiger partial charge in [-0.1, -0.05) is 38.1 Å². The Kier molecular flexibility index (Phi) is 2.33. The Balaban J connectivity index is 2.39. The summed E-state index contributed by atoms with van der Waals surface area (Å²) in [6, 6.07) is 7.13. The zero-order valence-corrected chi connectivity index (χ0v) is 9.54. The zero-order chi connectivity index (χ0) is 12.0. The Bertz CT molecular complexity index is 427. The van der Waals surface area contributed by atoms with Crippen molar-refractivity contribution in [1.82, 2.24) is 0 Å². The minimum absolute atomic E-state index is 0.307. The van der Waals surface area contributed by atoms with E-state index in [9.17, 15) is 8.78 Å². The number of halogens is 2. The van der Waals surface area contributed by atoms with E-state index in [1.165, 1.54) is 0 Å². The van der Waals surface area contributed by atoms with Crippen LogP contribution >= 0.6 is 0 Å². The lowest BCUT2D eigenvalue weighted by atomic mass is 9.93. The minimum atomic E-state index is -2.94. The van der Waals surface area contributed by atoms with E-state index in [1.807, 2.05) is 19.9 Å². The van der Waals surface area contributed by atoms with Crippen LogP contribution in [0.2, 0.25) is 0 Å². The maximum absolute atomic E-state index is 13.4. The van der Waals surface area contributed by atoms with E-state index in [2.05, 4.69) is 10.2 Å². The summed E-state index contributed by atoms with van der Waals surface area (Å²) in [5.41, 5.74) is -0.123. The molecule has 1 aliphatic heterocycles. The second-order valence-corrected chi connectivity index (χ2v) is 4.54. The number of benzene rings is 1. The number of hydrogen-bond acceptors (Lipinski definition) is 2. The van der Waals surface area contributed by atoms with E-state index in [1.54, 1.807) is 18.2 Å². The van der Waals surface area contributed by atoms with Gasteiger partial charge < -0.3 is 0 Å². The number of rotatable bonds is 3. The van der Waals surface area contributed by atoms with Crippen molar-refractivity contribution >= 4 is 0 Å². The van der Waals surface area contributed by atoms with Gasteiger partial charge in [0.25, 0.3) is 11.6 Å². The molecule has 0 saturated carbocycles. The average molecular weight is 224 g/mol. The minimum Gasteiger partial charge on any atom is -0.202 e. The fourth-order valence-electron chi connectivity index (χ4n) is 1.71. The monoisotopic (exact) mass is 224 g/mol. The number of hydrogen-bond donors (Lipinski definition) is 0. The van der Waals surface area contributed by atoms with Crippen molar-refractivity contribution in [3.63, 3.8) is 0 Å². The van der Waals surface area contributed by atoms with Crippen molar-refractivity contribution in [2.75, 3.05) is 0 Å². The molecule has 0 aliphatic carbocycles. The van der Waals surface area contributed by atoms with E-state index >= 15 is 0 Å². The van der Waals surface area contributed by atoms with Gasteiger partial charge in [-0.25, -0.2) is 8.78 Å². The summed E-state index contributed by atoms with van der Waals surface area (Å²) in [5.74, 6) is -2.64. The van der Waals surface area contributed by atoms with Gasteiger partial charge in [0.15, 0.2) is 0 Å². The molecule has 1 heterocycles. The van der Waals surface area contributed by atoms with E-state index < -0.39 is 11.6 Å². The average Bonchev–Trinajstić information content (AvgIpc) is 2.97. The maximum Gasteiger partial charge on any atom is 0.297 e. The van der Waals surface area contributed by atoms with Crippen molar-refractivity contribution in [2.24, 2.45) is 10.2 Å². The van der Waals surface area contributed by atoms with Crippen LogP contribution in [0.25, 0.3) is 0 Å². The van der Waals surface area contributed by atoms with Gasteiger partial charge in [0, 0.05) is 12.5 Å².